The summed E-state index contributed by atoms with van der Waals surface area (Å²) in [4.78, 5) is 30.6. The largest absolute Gasteiger partial charge is 0.338 e. The Morgan fingerprint density at radius 1 is 1.33 bits per heavy atom. The first-order valence-electron chi connectivity index (χ1n) is 6.99. The number of H-pyrrole nitrogens is 1. The average molecular weight is 284 g/mol. The second kappa shape index (κ2) is 5.87. The summed E-state index contributed by atoms with van der Waals surface area (Å²) >= 11 is 0. The zero-order chi connectivity index (χ0) is 14.7. The van der Waals surface area contributed by atoms with Crippen molar-refractivity contribution in [3.63, 3.8) is 0 Å². The van der Waals surface area contributed by atoms with E-state index in [4.69, 9.17) is 0 Å². The van der Waals surface area contributed by atoms with Crippen molar-refractivity contribution in [3.05, 3.63) is 48.0 Å². The molecule has 0 aromatic carbocycles. The minimum Gasteiger partial charge on any atom is -0.338 e. The number of ketones is 1. The lowest BCUT2D eigenvalue weighted by molar-refractivity contribution is 0.0635. The van der Waals surface area contributed by atoms with E-state index in [0.717, 1.165) is 12.8 Å². The Morgan fingerprint density at radius 3 is 2.95 bits per heavy atom. The number of nitrogens with zero attached hydrogens (tertiary/aromatic N) is 3. The van der Waals surface area contributed by atoms with E-state index in [1.807, 2.05) is 0 Å². The predicted molar refractivity (Wildman–Crippen MR) is 75.8 cm³/mol. The Hall–Kier alpha value is -2.50. The number of carbonyl (C=O) groups is 2. The van der Waals surface area contributed by atoms with Crippen LogP contribution in [-0.2, 0) is 0 Å². The predicted octanol–water partition coefficient (Wildman–Crippen LogP) is 1.54. The number of nitrogens with one attached hydrogen (secondary N) is 1. The molecule has 0 aliphatic carbocycles. The number of aromatic nitrogens is 3. The van der Waals surface area contributed by atoms with Crippen LogP contribution in [0.3, 0.4) is 0 Å². The van der Waals surface area contributed by atoms with Gasteiger partial charge in [-0.25, -0.2) is 0 Å². The molecule has 0 unspecified atom stereocenters. The topological polar surface area (TPSA) is 79.0 Å². The Kier molecular flexibility index (Phi) is 3.77. The molecular weight excluding hydrogens is 268 g/mol. The molecule has 3 heterocycles. The highest BCUT2D eigenvalue weighted by molar-refractivity contribution is 5.98. The highest BCUT2D eigenvalue weighted by Gasteiger charge is 2.30. The van der Waals surface area contributed by atoms with E-state index in [-0.39, 0.29) is 17.6 Å². The Bertz CT molecular complexity index is 624. The maximum atomic E-state index is 12.4. The molecule has 21 heavy (non-hydrogen) atoms. The Morgan fingerprint density at radius 2 is 2.24 bits per heavy atom. The normalized spacial score (nSPS) is 18.5. The number of hydrogen-bond acceptors (Lipinski definition) is 4. The quantitative estimate of drug-likeness (QED) is 0.867. The van der Waals surface area contributed by atoms with E-state index in [1.165, 1.54) is 6.20 Å². The van der Waals surface area contributed by atoms with Gasteiger partial charge in [-0.1, -0.05) is 6.07 Å². The molecular formula is C15H16N4O2. The standard InChI is InChI=1S/C15H16N4O2/c20-14(13-5-1-2-6-16-13)11-4-3-7-19(10-11)15(21)12-8-17-18-9-12/h1-2,5-6,8-9,11H,3-4,7,10H2,(H,17,18)/t11-/m0/s1. The van der Waals surface area contributed by atoms with E-state index in [0.29, 0.717) is 24.3 Å². The van der Waals surface area contributed by atoms with Crippen LogP contribution in [0.5, 0.6) is 0 Å². The van der Waals surface area contributed by atoms with Crippen LogP contribution in [0.2, 0.25) is 0 Å². The van der Waals surface area contributed by atoms with Crippen molar-refractivity contribution >= 4 is 11.7 Å². The molecule has 1 fully saturated rings. The van der Waals surface area contributed by atoms with Crippen molar-refractivity contribution < 1.29 is 9.59 Å². The van der Waals surface area contributed by atoms with Gasteiger partial charge in [-0.05, 0) is 25.0 Å². The van der Waals surface area contributed by atoms with Crippen LogP contribution in [-0.4, -0.2) is 44.9 Å². The van der Waals surface area contributed by atoms with Crippen molar-refractivity contribution in [2.75, 3.05) is 13.1 Å². The summed E-state index contributed by atoms with van der Waals surface area (Å²) in [6, 6.07) is 5.31. The van der Waals surface area contributed by atoms with Crippen LogP contribution in [0.1, 0.15) is 33.7 Å². The van der Waals surface area contributed by atoms with Gasteiger partial charge in [-0.3, -0.25) is 19.7 Å². The molecule has 6 heteroatoms. The van der Waals surface area contributed by atoms with Crippen LogP contribution in [0, 0.1) is 5.92 Å². The summed E-state index contributed by atoms with van der Waals surface area (Å²) in [5, 5.41) is 6.43. The maximum Gasteiger partial charge on any atom is 0.257 e. The van der Waals surface area contributed by atoms with Crippen molar-refractivity contribution in [2.45, 2.75) is 12.8 Å². The van der Waals surface area contributed by atoms with Crippen molar-refractivity contribution in [3.8, 4) is 0 Å². The fourth-order valence-corrected chi connectivity index (χ4v) is 2.64. The highest BCUT2D eigenvalue weighted by Crippen LogP contribution is 2.21. The highest BCUT2D eigenvalue weighted by atomic mass is 16.2. The number of likely N-dealkylation sites (tertiary alicyclic amines) is 1. The minimum atomic E-state index is -0.176. The third-order valence-corrected chi connectivity index (χ3v) is 3.74. The zero-order valence-electron chi connectivity index (χ0n) is 11.5. The molecule has 108 valence electrons. The number of carbonyl (C=O) groups excluding carboxylic acids is 2. The van der Waals surface area contributed by atoms with Gasteiger partial charge in [-0.2, -0.15) is 5.10 Å². The van der Waals surface area contributed by atoms with Crippen LogP contribution < -0.4 is 0 Å². The summed E-state index contributed by atoms with van der Waals surface area (Å²) in [6.45, 7) is 1.12. The molecule has 2 aromatic heterocycles. The molecule has 1 aliphatic rings. The molecule has 1 saturated heterocycles. The second-order valence-electron chi connectivity index (χ2n) is 5.16. The van der Waals surface area contributed by atoms with Crippen molar-refractivity contribution in [1.82, 2.24) is 20.1 Å². The van der Waals surface area contributed by atoms with Gasteiger partial charge in [0, 0.05) is 31.4 Å². The molecule has 1 amide bonds. The number of Topliss-reactive ketones (excluding diaryl/α,β-unsaturated/α-hetero) is 1. The first-order valence-corrected chi connectivity index (χ1v) is 6.99. The molecule has 1 N–H and O–H groups in total. The van der Waals surface area contributed by atoms with E-state index in [1.54, 1.807) is 35.5 Å². The number of amides is 1. The lowest BCUT2D eigenvalue weighted by Crippen LogP contribution is -2.42. The third kappa shape index (κ3) is 2.84. The summed E-state index contributed by atoms with van der Waals surface area (Å²) in [6.07, 6.45) is 6.32. The number of pyridine rings is 1. The SMILES string of the molecule is O=C(c1ccccn1)[C@H]1CCCN(C(=O)c2cn[nH]c2)C1. The Balaban J connectivity index is 1.71. The molecule has 3 rings (SSSR count). The summed E-state index contributed by atoms with van der Waals surface area (Å²) < 4.78 is 0. The fourth-order valence-electron chi connectivity index (χ4n) is 2.64. The summed E-state index contributed by atoms with van der Waals surface area (Å²) in [5.41, 5.74) is 1.00. The van der Waals surface area contributed by atoms with Crippen LogP contribution in [0.4, 0.5) is 0 Å². The van der Waals surface area contributed by atoms with Gasteiger partial charge >= 0.3 is 0 Å². The molecule has 0 spiro atoms. The van der Waals surface area contributed by atoms with Gasteiger partial charge in [0.25, 0.3) is 5.91 Å². The maximum absolute atomic E-state index is 12.4. The minimum absolute atomic E-state index is 0.0142. The van der Waals surface area contributed by atoms with Gasteiger partial charge in [-0.15, -0.1) is 0 Å². The van der Waals surface area contributed by atoms with E-state index >= 15 is 0 Å². The van der Waals surface area contributed by atoms with Gasteiger partial charge in [0.05, 0.1) is 11.8 Å². The molecule has 6 nitrogen and oxygen atoms in total. The number of rotatable bonds is 3. The van der Waals surface area contributed by atoms with Gasteiger partial charge in [0.1, 0.15) is 5.69 Å². The number of hydrogen-bond donors (Lipinski definition) is 1. The number of aromatic amines is 1. The first kappa shape index (κ1) is 13.5. The lowest BCUT2D eigenvalue weighted by Gasteiger charge is -2.31. The zero-order valence-corrected chi connectivity index (χ0v) is 11.5. The van der Waals surface area contributed by atoms with Crippen LogP contribution in [0.25, 0.3) is 0 Å². The van der Waals surface area contributed by atoms with E-state index in [9.17, 15) is 9.59 Å². The molecule has 2 aromatic rings. The van der Waals surface area contributed by atoms with E-state index in [2.05, 4.69) is 15.2 Å². The number of piperidine rings is 1. The Labute approximate surface area is 122 Å². The average Bonchev–Trinajstić information content (AvgIpc) is 3.09. The summed E-state index contributed by atoms with van der Waals surface area (Å²) in [5.74, 6) is -0.243. The van der Waals surface area contributed by atoms with Gasteiger partial charge < -0.3 is 4.90 Å². The van der Waals surface area contributed by atoms with Crippen LogP contribution >= 0.6 is 0 Å². The molecule has 1 aliphatic heterocycles. The molecule has 0 bridgehead atoms. The monoisotopic (exact) mass is 284 g/mol. The second-order valence-corrected chi connectivity index (χ2v) is 5.16. The molecule has 1 atom stereocenters. The fraction of sp³-hybridized carbons (Fsp3) is 0.333. The third-order valence-electron chi connectivity index (χ3n) is 3.74. The first-order chi connectivity index (χ1) is 10.3. The van der Waals surface area contributed by atoms with Gasteiger partial charge in [0.15, 0.2) is 5.78 Å². The molecule has 0 radical (unpaired) electrons. The van der Waals surface area contributed by atoms with Crippen LogP contribution in [0.15, 0.2) is 36.8 Å². The van der Waals surface area contributed by atoms with Gasteiger partial charge in [0.2, 0.25) is 0 Å². The summed E-state index contributed by atoms with van der Waals surface area (Å²) in [7, 11) is 0. The lowest BCUT2D eigenvalue weighted by atomic mass is 9.91. The molecule has 0 saturated carbocycles. The van der Waals surface area contributed by atoms with E-state index < -0.39 is 0 Å². The van der Waals surface area contributed by atoms with Crippen molar-refractivity contribution in [1.29, 1.82) is 0 Å². The smallest absolute Gasteiger partial charge is 0.257 e. The van der Waals surface area contributed by atoms with Crippen molar-refractivity contribution in [2.24, 2.45) is 5.92 Å².